The summed E-state index contributed by atoms with van der Waals surface area (Å²) in [5, 5.41) is 0. The van der Waals surface area contributed by atoms with Crippen molar-refractivity contribution >= 4 is 22.8 Å². The van der Waals surface area contributed by atoms with Gasteiger partial charge in [-0.1, -0.05) is 12.1 Å². The number of para-hydroxylation sites is 2. The van der Waals surface area contributed by atoms with E-state index >= 15 is 0 Å². The molecule has 30 heavy (non-hydrogen) atoms. The number of Topliss-reactive ketones (excluding diaryl/α,β-unsaturated/α-hetero) is 1. The second-order valence-electron chi connectivity index (χ2n) is 7.31. The van der Waals surface area contributed by atoms with Gasteiger partial charge in [-0.25, -0.2) is 9.18 Å². The number of piperidine rings is 1. The molecule has 1 atom stereocenters. The maximum absolute atomic E-state index is 14.0. The molecule has 1 fully saturated rings. The molecule has 1 saturated heterocycles. The number of methoxy groups -OCH3 is 1. The summed E-state index contributed by atoms with van der Waals surface area (Å²) in [4.78, 5) is 39.4. The molecule has 4 rings (SSSR count). The maximum Gasteiger partial charge on any atom is 0.420 e. The molecule has 0 bridgehead atoms. The molecule has 1 unspecified atom stereocenters. The third kappa shape index (κ3) is 3.72. The first kappa shape index (κ1) is 19.9. The highest BCUT2D eigenvalue weighted by molar-refractivity contribution is 5.98. The van der Waals surface area contributed by atoms with Gasteiger partial charge in [0.25, 0.3) is 0 Å². The van der Waals surface area contributed by atoms with Crippen LogP contribution in [0, 0.1) is 11.7 Å². The van der Waals surface area contributed by atoms with Crippen molar-refractivity contribution in [2.24, 2.45) is 5.92 Å². The minimum absolute atomic E-state index is 0.0739. The lowest BCUT2D eigenvalue weighted by atomic mass is 9.90. The summed E-state index contributed by atoms with van der Waals surface area (Å²) in [6.07, 6.45) is 1.27. The van der Waals surface area contributed by atoms with Crippen LogP contribution in [0.3, 0.4) is 0 Å². The first-order valence-corrected chi connectivity index (χ1v) is 9.72. The Morgan fingerprint density at radius 2 is 2.03 bits per heavy atom. The van der Waals surface area contributed by atoms with Gasteiger partial charge in [0, 0.05) is 24.6 Å². The number of ketones is 1. The van der Waals surface area contributed by atoms with Gasteiger partial charge in [0.1, 0.15) is 6.54 Å². The van der Waals surface area contributed by atoms with E-state index in [9.17, 15) is 18.8 Å². The van der Waals surface area contributed by atoms with Crippen molar-refractivity contribution in [1.29, 1.82) is 0 Å². The predicted octanol–water partition coefficient (Wildman–Crippen LogP) is 2.86. The summed E-state index contributed by atoms with van der Waals surface area (Å²) in [7, 11) is 1.36. The number of hydrogen-bond acceptors (Lipinski definition) is 5. The number of aromatic nitrogens is 1. The minimum Gasteiger partial charge on any atom is -0.494 e. The molecular weight excluding hydrogens is 391 g/mol. The van der Waals surface area contributed by atoms with Crippen LogP contribution in [-0.2, 0) is 11.3 Å². The van der Waals surface area contributed by atoms with Gasteiger partial charge in [-0.3, -0.25) is 14.2 Å². The SMILES string of the molecule is COc1ccc(C(=O)C2CCCN(C(=O)Cn3c(=O)oc4ccccc43)C2)cc1F. The molecular formula is C22H21FN2O5. The highest BCUT2D eigenvalue weighted by atomic mass is 19.1. The van der Waals surface area contributed by atoms with Crippen molar-refractivity contribution in [3.05, 3.63) is 64.4 Å². The lowest BCUT2D eigenvalue weighted by Gasteiger charge is -2.32. The molecule has 1 aliphatic heterocycles. The molecule has 0 radical (unpaired) electrons. The third-order valence-electron chi connectivity index (χ3n) is 5.45. The second kappa shape index (κ2) is 8.14. The van der Waals surface area contributed by atoms with E-state index in [4.69, 9.17) is 9.15 Å². The largest absolute Gasteiger partial charge is 0.494 e. The Kier molecular flexibility index (Phi) is 5.39. The molecule has 0 aliphatic carbocycles. The van der Waals surface area contributed by atoms with E-state index in [1.165, 1.54) is 29.9 Å². The lowest BCUT2D eigenvalue weighted by Crippen LogP contribution is -2.44. The van der Waals surface area contributed by atoms with E-state index in [0.717, 1.165) is 0 Å². The van der Waals surface area contributed by atoms with E-state index in [-0.39, 0.29) is 36.1 Å². The van der Waals surface area contributed by atoms with Crippen molar-refractivity contribution < 1.29 is 23.1 Å². The molecule has 0 spiro atoms. The molecule has 1 aliphatic rings. The number of nitrogens with zero attached hydrogens (tertiary/aromatic N) is 2. The second-order valence-corrected chi connectivity index (χ2v) is 7.31. The molecule has 0 N–H and O–H groups in total. The average Bonchev–Trinajstić information content (AvgIpc) is 3.08. The number of oxazole rings is 1. The van der Waals surface area contributed by atoms with Crippen LogP contribution in [0.2, 0.25) is 0 Å². The number of carbonyl (C=O) groups excluding carboxylic acids is 2. The van der Waals surface area contributed by atoms with Gasteiger partial charge in [-0.05, 0) is 43.2 Å². The van der Waals surface area contributed by atoms with Gasteiger partial charge >= 0.3 is 5.76 Å². The fourth-order valence-corrected chi connectivity index (χ4v) is 3.87. The zero-order valence-corrected chi connectivity index (χ0v) is 16.5. The molecule has 7 nitrogen and oxygen atoms in total. The summed E-state index contributed by atoms with van der Waals surface area (Å²) >= 11 is 0. The van der Waals surface area contributed by atoms with Gasteiger partial charge < -0.3 is 14.1 Å². The average molecular weight is 412 g/mol. The van der Waals surface area contributed by atoms with E-state index < -0.39 is 17.5 Å². The Morgan fingerprint density at radius 1 is 1.23 bits per heavy atom. The number of ether oxygens (including phenoxy) is 1. The Morgan fingerprint density at radius 3 is 2.80 bits per heavy atom. The van der Waals surface area contributed by atoms with E-state index in [2.05, 4.69) is 0 Å². The van der Waals surface area contributed by atoms with Crippen LogP contribution in [0.5, 0.6) is 5.75 Å². The molecule has 8 heteroatoms. The predicted molar refractivity (Wildman–Crippen MR) is 107 cm³/mol. The van der Waals surface area contributed by atoms with Crippen molar-refractivity contribution in [2.75, 3.05) is 20.2 Å². The number of carbonyl (C=O) groups is 2. The van der Waals surface area contributed by atoms with Crippen LogP contribution >= 0.6 is 0 Å². The van der Waals surface area contributed by atoms with Crippen molar-refractivity contribution in [3.8, 4) is 5.75 Å². The molecule has 3 aromatic rings. The first-order chi connectivity index (χ1) is 14.5. The van der Waals surface area contributed by atoms with Gasteiger partial charge in [0.15, 0.2) is 22.9 Å². The number of hydrogen-bond donors (Lipinski definition) is 0. The summed E-state index contributed by atoms with van der Waals surface area (Å²) in [5.74, 6) is -2.01. The highest BCUT2D eigenvalue weighted by Crippen LogP contribution is 2.24. The number of benzene rings is 2. The number of rotatable bonds is 5. The number of likely N-dealkylation sites (tertiary alicyclic amines) is 1. The minimum atomic E-state index is -0.599. The van der Waals surface area contributed by atoms with E-state index in [0.29, 0.717) is 30.5 Å². The fourth-order valence-electron chi connectivity index (χ4n) is 3.87. The summed E-state index contributed by atoms with van der Waals surface area (Å²) in [5.41, 5.74) is 1.22. The molecule has 156 valence electrons. The standard InChI is InChI=1S/C22H21FN2O5/c1-29-18-9-8-14(11-16(18)23)21(27)15-5-4-10-24(12-15)20(26)13-25-17-6-2-3-7-19(17)30-22(25)28/h2-3,6-9,11,15H,4-5,10,12-13H2,1H3. The molecule has 1 aromatic heterocycles. The van der Waals surface area contributed by atoms with Gasteiger partial charge in [0.2, 0.25) is 5.91 Å². The lowest BCUT2D eigenvalue weighted by molar-refractivity contribution is -0.133. The summed E-state index contributed by atoms with van der Waals surface area (Å²) < 4.78 is 25.3. The molecule has 2 heterocycles. The first-order valence-electron chi connectivity index (χ1n) is 9.72. The van der Waals surface area contributed by atoms with Crippen LogP contribution < -0.4 is 10.5 Å². The Hall–Kier alpha value is -3.42. The summed E-state index contributed by atoms with van der Waals surface area (Å²) in [6, 6.07) is 11.0. The van der Waals surface area contributed by atoms with Crippen LogP contribution in [0.15, 0.2) is 51.7 Å². The van der Waals surface area contributed by atoms with E-state index in [1.807, 2.05) is 0 Å². The van der Waals surface area contributed by atoms with Crippen molar-refractivity contribution in [3.63, 3.8) is 0 Å². The highest BCUT2D eigenvalue weighted by Gasteiger charge is 2.30. The monoisotopic (exact) mass is 412 g/mol. The van der Waals surface area contributed by atoms with Gasteiger partial charge in [-0.2, -0.15) is 0 Å². The Labute approximate surface area is 171 Å². The number of fused-ring (bicyclic) bond motifs is 1. The van der Waals surface area contributed by atoms with Crippen LogP contribution in [0.4, 0.5) is 4.39 Å². The number of amides is 1. The van der Waals surface area contributed by atoms with Crippen LogP contribution in [0.1, 0.15) is 23.2 Å². The van der Waals surface area contributed by atoms with Crippen LogP contribution in [-0.4, -0.2) is 41.4 Å². The molecule has 1 amide bonds. The topological polar surface area (TPSA) is 81.8 Å². The van der Waals surface area contributed by atoms with Crippen molar-refractivity contribution in [1.82, 2.24) is 9.47 Å². The van der Waals surface area contributed by atoms with Crippen molar-refractivity contribution in [2.45, 2.75) is 19.4 Å². The zero-order chi connectivity index (χ0) is 21.3. The van der Waals surface area contributed by atoms with Gasteiger partial charge in [0.05, 0.1) is 12.6 Å². The maximum atomic E-state index is 14.0. The summed E-state index contributed by atoms with van der Waals surface area (Å²) in [6.45, 7) is 0.577. The number of halogens is 1. The quantitative estimate of drug-likeness (QED) is 0.602. The molecule has 2 aromatic carbocycles. The zero-order valence-electron chi connectivity index (χ0n) is 16.5. The normalized spacial score (nSPS) is 16.6. The Balaban J connectivity index is 1.48. The third-order valence-corrected chi connectivity index (χ3v) is 5.45. The van der Waals surface area contributed by atoms with E-state index in [1.54, 1.807) is 29.2 Å². The fraction of sp³-hybridized carbons (Fsp3) is 0.318. The Bertz CT molecular complexity index is 1170. The van der Waals surface area contributed by atoms with Crippen LogP contribution in [0.25, 0.3) is 11.1 Å². The van der Waals surface area contributed by atoms with Gasteiger partial charge in [-0.15, -0.1) is 0 Å². The molecule has 0 saturated carbocycles. The smallest absolute Gasteiger partial charge is 0.420 e.